The number of hydrogen-bond donors (Lipinski definition) is 1. The van der Waals surface area contributed by atoms with Crippen LogP contribution < -0.4 is 10.5 Å². The Morgan fingerprint density at radius 3 is 2.72 bits per heavy atom. The van der Waals surface area contributed by atoms with Crippen LogP contribution in [-0.4, -0.2) is 49.5 Å². The van der Waals surface area contributed by atoms with Crippen LogP contribution in [0, 0.1) is 0 Å². The highest BCUT2D eigenvalue weighted by Gasteiger charge is 2.22. The number of aromatic amines is 1. The first-order chi connectivity index (χ1) is 14.3. The van der Waals surface area contributed by atoms with Crippen molar-refractivity contribution < 1.29 is 0 Å². The molecule has 0 unspecified atom stereocenters. The molecule has 5 heterocycles. The van der Waals surface area contributed by atoms with E-state index < -0.39 is 0 Å². The lowest BCUT2D eigenvalue weighted by Crippen LogP contribution is -2.35. The van der Waals surface area contributed by atoms with Gasteiger partial charge in [-0.25, -0.2) is 15.0 Å². The third kappa shape index (κ3) is 3.75. The monoisotopic (exact) mass is 389 g/mol. The van der Waals surface area contributed by atoms with Gasteiger partial charge in [-0.2, -0.15) is 0 Å². The zero-order chi connectivity index (χ0) is 19.6. The zero-order valence-corrected chi connectivity index (χ0v) is 16.2. The van der Waals surface area contributed by atoms with Crippen molar-refractivity contribution in [3.05, 3.63) is 64.0 Å². The third-order valence-electron chi connectivity index (χ3n) is 5.54. The second-order valence-electron chi connectivity index (χ2n) is 7.56. The molecule has 1 saturated heterocycles. The van der Waals surface area contributed by atoms with Crippen LogP contribution >= 0.6 is 0 Å². The van der Waals surface area contributed by atoms with E-state index in [0.717, 1.165) is 49.1 Å². The summed E-state index contributed by atoms with van der Waals surface area (Å²) in [5.74, 6) is 1.35. The maximum Gasteiger partial charge on any atom is 0.254 e. The van der Waals surface area contributed by atoms with Gasteiger partial charge in [0.25, 0.3) is 5.56 Å². The van der Waals surface area contributed by atoms with E-state index in [2.05, 4.69) is 24.8 Å². The van der Waals surface area contributed by atoms with Crippen LogP contribution in [0.4, 0.5) is 5.95 Å². The highest BCUT2D eigenvalue weighted by molar-refractivity contribution is 5.49. The first-order valence-electron chi connectivity index (χ1n) is 10.1. The van der Waals surface area contributed by atoms with Crippen LogP contribution in [0.15, 0.2) is 41.5 Å². The molecule has 2 aliphatic heterocycles. The van der Waals surface area contributed by atoms with E-state index in [-0.39, 0.29) is 5.56 Å². The van der Waals surface area contributed by atoms with Crippen LogP contribution in [0.5, 0.6) is 0 Å². The standard InChI is InChI=1S/C21H23N7O/c29-20-16-7-12-27(13-15-6-9-23-21(24-15)28-10-3-4-11-28)14-18(16)25-19(26-20)17-5-1-2-8-22-17/h1-2,5-6,8-9H,3-4,7,10-14H2,(H,25,26,29). The molecule has 3 aromatic rings. The molecule has 5 rings (SSSR count). The number of hydrogen-bond acceptors (Lipinski definition) is 7. The average molecular weight is 389 g/mol. The minimum atomic E-state index is -0.0614. The Morgan fingerprint density at radius 2 is 1.90 bits per heavy atom. The van der Waals surface area contributed by atoms with Gasteiger partial charge in [0.1, 0.15) is 5.69 Å². The first-order valence-corrected chi connectivity index (χ1v) is 10.1. The summed E-state index contributed by atoms with van der Waals surface area (Å²) in [5.41, 5.74) is 3.22. The fourth-order valence-electron chi connectivity index (χ4n) is 4.02. The Hall–Kier alpha value is -3.13. The topological polar surface area (TPSA) is 90.9 Å². The Morgan fingerprint density at radius 1 is 1.00 bits per heavy atom. The zero-order valence-electron chi connectivity index (χ0n) is 16.2. The Bertz CT molecular complexity index is 1060. The second-order valence-corrected chi connectivity index (χ2v) is 7.56. The molecule has 0 amide bonds. The molecule has 1 fully saturated rings. The quantitative estimate of drug-likeness (QED) is 0.727. The van der Waals surface area contributed by atoms with Crippen molar-refractivity contribution in [2.45, 2.75) is 32.4 Å². The van der Waals surface area contributed by atoms with Gasteiger partial charge in [-0.3, -0.25) is 14.7 Å². The summed E-state index contributed by atoms with van der Waals surface area (Å²) in [6.07, 6.45) is 6.64. The molecule has 0 bridgehead atoms. The number of nitrogens with one attached hydrogen (secondary N) is 1. The molecule has 29 heavy (non-hydrogen) atoms. The van der Waals surface area contributed by atoms with Crippen LogP contribution in [0.2, 0.25) is 0 Å². The number of rotatable bonds is 4. The number of H-pyrrole nitrogens is 1. The molecule has 2 aliphatic rings. The summed E-state index contributed by atoms with van der Waals surface area (Å²) in [7, 11) is 0. The fraction of sp³-hybridized carbons (Fsp3) is 0.381. The minimum Gasteiger partial charge on any atom is -0.341 e. The van der Waals surface area contributed by atoms with Gasteiger partial charge >= 0.3 is 0 Å². The molecule has 8 nitrogen and oxygen atoms in total. The molecule has 0 spiro atoms. The van der Waals surface area contributed by atoms with Gasteiger partial charge in [-0.05, 0) is 37.5 Å². The maximum absolute atomic E-state index is 12.5. The van der Waals surface area contributed by atoms with Crippen molar-refractivity contribution in [3.63, 3.8) is 0 Å². The summed E-state index contributed by atoms with van der Waals surface area (Å²) >= 11 is 0. The summed E-state index contributed by atoms with van der Waals surface area (Å²) in [6.45, 7) is 4.22. The number of anilines is 1. The lowest BCUT2D eigenvalue weighted by molar-refractivity contribution is 0.238. The Kier molecular flexibility index (Phi) is 4.77. The summed E-state index contributed by atoms with van der Waals surface area (Å²) in [5, 5.41) is 0. The molecule has 0 aromatic carbocycles. The molecule has 0 saturated carbocycles. The van der Waals surface area contributed by atoms with Gasteiger partial charge in [-0.1, -0.05) is 6.07 Å². The third-order valence-corrected chi connectivity index (χ3v) is 5.54. The highest BCUT2D eigenvalue weighted by Crippen LogP contribution is 2.20. The predicted molar refractivity (Wildman–Crippen MR) is 109 cm³/mol. The molecular formula is C21H23N7O. The van der Waals surface area contributed by atoms with Crippen molar-refractivity contribution in [2.75, 3.05) is 24.5 Å². The average Bonchev–Trinajstić information content (AvgIpc) is 3.29. The lowest BCUT2D eigenvalue weighted by atomic mass is 10.1. The SMILES string of the molecule is O=c1[nH]c(-c2ccccn2)nc2c1CCN(Cc1ccnc(N3CCCC3)n1)C2. The van der Waals surface area contributed by atoms with Gasteiger partial charge in [0.05, 0.1) is 11.4 Å². The molecule has 1 N–H and O–H groups in total. The van der Waals surface area contributed by atoms with E-state index in [4.69, 9.17) is 9.97 Å². The summed E-state index contributed by atoms with van der Waals surface area (Å²) < 4.78 is 0. The van der Waals surface area contributed by atoms with Crippen LogP contribution in [0.3, 0.4) is 0 Å². The van der Waals surface area contributed by atoms with Crippen molar-refractivity contribution in [2.24, 2.45) is 0 Å². The predicted octanol–water partition coefficient (Wildman–Crippen LogP) is 1.78. The normalized spacial score (nSPS) is 16.8. The van der Waals surface area contributed by atoms with Crippen LogP contribution in [-0.2, 0) is 19.5 Å². The smallest absolute Gasteiger partial charge is 0.254 e. The number of aromatic nitrogens is 5. The van der Waals surface area contributed by atoms with Gasteiger partial charge in [0, 0.05) is 50.7 Å². The molecule has 0 atom stereocenters. The van der Waals surface area contributed by atoms with Crippen LogP contribution in [0.25, 0.3) is 11.5 Å². The Labute approximate surface area is 168 Å². The molecule has 0 aliphatic carbocycles. The largest absolute Gasteiger partial charge is 0.341 e. The number of fused-ring (bicyclic) bond motifs is 1. The van der Waals surface area contributed by atoms with Crippen molar-refractivity contribution >= 4 is 5.95 Å². The first kappa shape index (κ1) is 17.9. The van der Waals surface area contributed by atoms with Crippen molar-refractivity contribution in [1.82, 2.24) is 29.8 Å². The summed E-state index contributed by atoms with van der Waals surface area (Å²) in [4.78, 5) is 38.2. The van der Waals surface area contributed by atoms with E-state index in [9.17, 15) is 4.79 Å². The molecule has 8 heteroatoms. The minimum absolute atomic E-state index is 0.0614. The van der Waals surface area contributed by atoms with E-state index in [0.29, 0.717) is 24.5 Å². The number of nitrogens with zero attached hydrogens (tertiary/aromatic N) is 6. The van der Waals surface area contributed by atoms with Gasteiger partial charge in [-0.15, -0.1) is 0 Å². The second kappa shape index (κ2) is 7.71. The molecule has 3 aromatic heterocycles. The van der Waals surface area contributed by atoms with E-state index in [1.165, 1.54) is 12.8 Å². The molecular weight excluding hydrogens is 366 g/mol. The Balaban J connectivity index is 1.36. The van der Waals surface area contributed by atoms with Gasteiger partial charge in [0.15, 0.2) is 5.82 Å². The van der Waals surface area contributed by atoms with Crippen molar-refractivity contribution in [1.29, 1.82) is 0 Å². The van der Waals surface area contributed by atoms with E-state index >= 15 is 0 Å². The lowest BCUT2D eigenvalue weighted by Gasteiger charge is -2.27. The van der Waals surface area contributed by atoms with Gasteiger partial charge in [0.2, 0.25) is 5.95 Å². The van der Waals surface area contributed by atoms with E-state index in [1.807, 2.05) is 30.5 Å². The van der Waals surface area contributed by atoms with Crippen molar-refractivity contribution in [3.8, 4) is 11.5 Å². The maximum atomic E-state index is 12.5. The molecule has 0 radical (unpaired) electrons. The van der Waals surface area contributed by atoms with Gasteiger partial charge < -0.3 is 9.88 Å². The number of pyridine rings is 1. The van der Waals surface area contributed by atoms with E-state index in [1.54, 1.807) is 6.20 Å². The van der Waals surface area contributed by atoms with Crippen LogP contribution in [0.1, 0.15) is 29.8 Å². The molecule has 148 valence electrons. The highest BCUT2D eigenvalue weighted by atomic mass is 16.1. The summed E-state index contributed by atoms with van der Waals surface area (Å²) in [6, 6.07) is 7.56. The fourth-order valence-corrected chi connectivity index (χ4v) is 4.02.